The molecule has 3 rings (SSSR count). The standard InChI is InChI=1S/C23H27N3O5/c1-2-30-23(29)25-19-8-6-17(7-9-19)22(28)31-16-21(27)24-18-10-12-20(13-11-18)26-14-4-3-5-15-26/h6-13H,2-5,14-16H2,1H3,(H,24,27)(H,25,29). The van der Waals surface area contributed by atoms with Gasteiger partial charge in [-0.2, -0.15) is 0 Å². The van der Waals surface area contributed by atoms with Gasteiger partial charge >= 0.3 is 12.1 Å². The van der Waals surface area contributed by atoms with E-state index in [1.165, 1.54) is 31.4 Å². The largest absolute Gasteiger partial charge is 0.452 e. The third-order valence-electron chi connectivity index (χ3n) is 4.85. The number of hydrogen-bond acceptors (Lipinski definition) is 6. The molecule has 2 aromatic carbocycles. The maximum absolute atomic E-state index is 12.1. The van der Waals surface area contributed by atoms with E-state index in [-0.39, 0.29) is 12.2 Å². The molecular weight excluding hydrogens is 398 g/mol. The van der Waals surface area contributed by atoms with Crippen molar-refractivity contribution in [3.05, 3.63) is 54.1 Å². The lowest BCUT2D eigenvalue weighted by Crippen LogP contribution is -2.29. The third kappa shape index (κ3) is 6.74. The number of rotatable bonds is 7. The predicted octanol–water partition coefficient (Wildman–Crippen LogP) is 4.04. The Morgan fingerprint density at radius 2 is 1.45 bits per heavy atom. The first-order valence-corrected chi connectivity index (χ1v) is 10.4. The summed E-state index contributed by atoms with van der Waals surface area (Å²) in [4.78, 5) is 38.0. The zero-order valence-electron chi connectivity index (χ0n) is 17.6. The summed E-state index contributed by atoms with van der Waals surface area (Å²) in [5.74, 6) is -1.04. The minimum Gasteiger partial charge on any atom is -0.452 e. The second-order valence-corrected chi connectivity index (χ2v) is 7.14. The molecule has 2 aromatic rings. The smallest absolute Gasteiger partial charge is 0.411 e. The molecule has 1 aliphatic rings. The summed E-state index contributed by atoms with van der Waals surface area (Å²) < 4.78 is 9.86. The number of piperidine rings is 1. The second kappa shape index (κ2) is 11.0. The van der Waals surface area contributed by atoms with E-state index in [2.05, 4.69) is 15.5 Å². The first-order chi connectivity index (χ1) is 15.0. The van der Waals surface area contributed by atoms with E-state index >= 15 is 0 Å². The van der Waals surface area contributed by atoms with Crippen molar-refractivity contribution in [2.75, 3.05) is 41.8 Å². The fourth-order valence-corrected chi connectivity index (χ4v) is 3.29. The number of carbonyl (C=O) groups excluding carboxylic acids is 3. The van der Waals surface area contributed by atoms with Gasteiger partial charge < -0.3 is 19.7 Å². The van der Waals surface area contributed by atoms with Crippen LogP contribution in [0, 0.1) is 0 Å². The summed E-state index contributed by atoms with van der Waals surface area (Å²) in [5, 5.41) is 5.26. The fraction of sp³-hybridized carbons (Fsp3) is 0.348. The lowest BCUT2D eigenvalue weighted by atomic mass is 10.1. The zero-order valence-corrected chi connectivity index (χ0v) is 17.6. The van der Waals surface area contributed by atoms with Gasteiger partial charge in [-0.15, -0.1) is 0 Å². The van der Waals surface area contributed by atoms with E-state index in [4.69, 9.17) is 9.47 Å². The van der Waals surface area contributed by atoms with Gasteiger partial charge in [0.25, 0.3) is 5.91 Å². The average molecular weight is 425 g/mol. The zero-order chi connectivity index (χ0) is 22.1. The molecule has 2 N–H and O–H groups in total. The summed E-state index contributed by atoms with van der Waals surface area (Å²) in [6, 6.07) is 13.8. The molecule has 164 valence electrons. The first-order valence-electron chi connectivity index (χ1n) is 10.4. The van der Waals surface area contributed by atoms with E-state index in [0.717, 1.165) is 18.8 Å². The van der Waals surface area contributed by atoms with Crippen molar-refractivity contribution < 1.29 is 23.9 Å². The van der Waals surface area contributed by atoms with Crippen molar-refractivity contribution in [1.29, 1.82) is 0 Å². The van der Waals surface area contributed by atoms with Crippen molar-refractivity contribution in [2.45, 2.75) is 26.2 Å². The summed E-state index contributed by atoms with van der Waals surface area (Å²) >= 11 is 0. The van der Waals surface area contributed by atoms with Crippen molar-refractivity contribution in [2.24, 2.45) is 0 Å². The van der Waals surface area contributed by atoms with Crippen LogP contribution in [-0.4, -0.2) is 44.3 Å². The molecule has 8 nitrogen and oxygen atoms in total. The van der Waals surface area contributed by atoms with Gasteiger partial charge in [0.15, 0.2) is 6.61 Å². The molecule has 1 fully saturated rings. The van der Waals surface area contributed by atoms with Crippen LogP contribution in [-0.2, 0) is 14.3 Å². The summed E-state index contributed by atoms with van der Waals surface area (Å²) in [7, 11) is 0. The molecule has 0 radical (unpaired) electrons. The van der Waals surface area contributed by atoms with Gasteiger partial charge in [0.05, 0.1) is 12.2 Å². The Balaban J connectivity index is 1.44. The van der Waals surface area contributed by atoms with Crippen LogP contribution < -0.4 is 15.5 Å². The number of carbonyl (C=O) groups is 3. The normalized spacial score (nSPS) is 13.3. The Morgan fingerprint density at radius 1 is 0.839 bits per heavy atom. The Morgan fingerprint density at radius 3 is 2.10 bits per heavy atom. The minimum atomic E-state index is -0.627. The van der Waals surface area contributed by atoms with Crippen molar-refractivity contribution in [3.63, 3.8) is 0 Å². The van der Waals surface area contributed by atoms with E-state index < -0.39 is 24.6 Å². The Labute approximate surface area is 181 Å². The number of amides is 2. The van der Waals surface area contributed by atoms with Gasteiger partial charge in [-0.25, -0.2) is 9.59 Å². The van der Waals surface area contributed by atoms with Gasteiger partial charge in [-0.05, 0) is 74.7 Å². The van der Waals surface area contributed by atoms with Crippen LogP contribution >= 0.6 is 0 Å². The number of hydrogen-bond donors (Lipinski definition) is 2. The summed E-state index contributed by atoms with van der Waals surface area (Å²) in [6.07, 6.45) is 3.11. The van der Waals surface area contributed by atoms with Crippen LogP contribution in [0.1, 0.15) is 36.5 Å². The molecule has 0 atom stereocenters. The van der Waals surface area contributed by atoms with Gasteiger partial charge in [-0.1, -0.05) is 0 Å². The number of ether oxygens (including phenoxy) is 2. The van der Waals surface area contributed by atoms with Crippen molar-refractivity contribution in [1.82, 2.24) is 0 Å². The quantitative estimate of drug-likeness (QED) is 0.650. The van der Waals surface area contributed by atoms with E-state index in [1.54, 1.807) is 19.1 Å². The highest BCUT2D eigenvalue weighted by molar-refractivity contribution is 5.96. The van der Waals surface area contributed by atoms with Gasteiger partial charge in [0.1, 0.15) is 0 Å². The highest BCUT2D eigenvalue weighted by atomic mass is 16.5. The van der Waals surface area contributed by atoms with Crippen LogP contribution in [0.3, 0.4) is 0 Å². The third-order valence-corrected chi connectivity index (χ3v) is 4.85. The predicted molar refractivity (Wildman–Crippen MR) is 119 cm³/mol. The first kappa shape index (κ1) is 22.1. The number of anilines is 3. The molecule has 1 aliphatic heterocycles. The maximum Gasteiger partial charge on any atom is 0.411 e. The topological polar surface area (TPSA) is 97.0 Å². The molecule has 31 heavy (non-hydrogen) atoms. The Kier molecular flexibility index (Phi) is 7.86. The molecule has 2 amide bonds. The lowest BCUT2D eigenvalue weighted by Gasteiger charge is -2.28. The number of esters is 1. The van der Waals surface area contributed by atoms with Crippen LogP contribution in [0.25, 0.3) is 0 Å². The Hall–Kier alpha value is -3.55. The van der Waals surface area contributed by atoms with E-state index in [9.17, 15) is 14.4 Å². The van der Waals surface area contributed by atoms with Crippen LogP contribution in [0.5, 0.6) is 0 Å². The monoisotopic (exact) mass is 425 g/mol. The van der Waals surface area contributed by atoms with Crippen LogP contribution in [0.15, 0.2) is 48.5 Å². The SMILES string of the molecule is CCOC(=O)Nc1ccc(C(=O)OCC(=O)Nc2ccc(N3CCCCC3)cc2)cc1. The fourth-order valence-electron chi connectivity index (χ4n) is 3.29. The van der Waals surface area contributed by atoms with Crippen molar-refractivity contribution in [3.8, 4) is 0 Å². The average Bonchev–Trinajstić information content (AvgIpc) is 2.79. The molecule has 0 spiro atoms. The lowest BCUT2D eigenvalue weighted by molar-refractivity contribution is -0.119. The molecule has 1 saturated heterocycles. The number of nitrogens with zero attached hydrogens (tertiary/aromatic N) is 1. The van der Waals surface area contributed by atoms with Gasteiger partial charge in [0, 0.05) is 30.2 Å². The molecule has 0 aromatic heterocycles. The molecule has 0 bridgehead atoms. The maximum atomic E-state index is 12.1. The summed E-state index contributed by atoms with van der Waals surface area (Å²) in [6.45, 7) is 3.69. The highest BCUT2D eigenvalue weighted by Crippen LogP contribution is 2.21. The second-order valence-electron chi connectivity index (χ2n) is 7.14. The molecule has 8 heteroatoms. The Bertz CT molecular complexity index is 890. The van der Waals surface area contributed by atoms with E-state index in [0.29, 0.717) is 11.4 Å². The van der Waals surface area contributed by atoms with Gasteiger partial charge in [-0.3, -0.25) is 10.1 Å². The van der Waals surface area contributed by atoms with Crippen LogP contribution in [0.2, 0.25) is 0 Å². The summed E-state index contributed by atoms with van der Waals surface area (Å²) in [5.41, 5.74) is 2.55. The van der Waals surface area contributed by atoms with E-state index in [1.807, 2.05) is 24.3 Å². The van der Waals surface area contributed by atoms with Crippen LogP contribution in [0.4, 0.5) is 21.9 Å². The molecule has 0 unspecified atom stereocenters. The number of benzene rings is 2. The van der Waals surface area contributed by atoms with Crippen molar-refractivity contribution >= 4 is 35.0 Å². The molecule has 0 saturated carbocycles. The van der Waals surface area contributed by atoms with Gasteiger partial charge in [0.2, 0.25) is 0 Å². The minimum absolute atomic E-state index is 0.265. The number of nitrogens with one attached hydrogen (secondary N) is 2. The molecular formula is C23H27N3O5. The molecule has 1 heterocycles. The molecule has 0 aliphatic carbocycles. The highest BCUT2D eigenvalue weighted by Gasteiger charge is 2.13.